The maximum absolute atomic E-state index is 12.4. The number of hydrogen-bond donors (Lipinski definition) is 1. The van der Waals surface area contributed by atoms with Gasteiger partial charge < -0.3 is 9.30 Å². The number of nitrogens with two attached hydrogens (primary N) is 1. The molecule has 0 aliphatic carbocycles. The lowest BCUT2D eigenvalue weighted by molar-refractivity contribution is -0.140. The van der Waals surface area contributed by atoms with Crippen LogP contribution in [-0.2, 0) is 21.3 Å². The van der Waals surface area contributed by atoms with Gasteiger partial charge in [-0.1, -0.05) is 0 Å². The monoisotopic (exact) mass is 314 g/mol. The van der Waals surface area contributed by atoms with Gasteiger partial charge in [0, 0.05) is 6.20 Å². The van der Waals surface area contributed by atoms with Crippen LogP contribution < -0.4 is 5.14 Å². The number of halogens is 3. The van der Waals surface area contributed by atoms with Gasteiger partial charge in [-0.05, 0) is 19.9 Å². The van der Waals surface area contributed by atoms with Crippen LogP contribution >= 0.6 is 0 Å². The van der Waals surface area contributed by atoms with Gasteiger partial charge in [0.05, 0.1) is 6.10 Å². The molecule has 0 spiro atoms. The Kier molecular flexibility index (Phi) is 4.49. The zero-order valence-corrected chi connectivity index (χ0v) is 11.5. The van der Waals surface area contributed by atoms with Gasteiger partial charge in [-0.15, -0.1) is 0 Å². The third kappa shape index (κ3) is 4.53. The first-order valence-corrected chi connectivity index (χ1v) is 6.95. The van der Waals surface area contributed by atoms with Crippen LogP contribution in [0.1, 0.15) is 24.3 Å². The molecule has 0 saturated carbocycles. The van der Waals surface area contributed by atoms with Crippen molar-refractivity contribution < 1.29 is 31.1 Å². The Morgan fingerprint density at radius 2 is 2.00 bits per heavy atom. The Hall–Kier alpha value is -1.55. The van der Waals surface area contributed by atoms with E-state index in [1.807, 2.05) is 0 Å². The molecule has 20 heavy (non-hydrogen) atoms. The van der Waals surface area contributed by atoms with Crippen LogP contribution in [0.25, 0.3) is 0 Å². The summed E-state index contributed by atoms with van der Waals surface area (Å²) < 4.78 is 64.7. The lowest BCUT2D eigenvalue weighted by Gasteiger charge is -2.12. The molecule has 0 aliphatic heterocycles. The predicted molar refractivity (Wildman–Crippen MR) is 62.4 cm³/mol. The summed E-state index contributed by atoms with van der Waals surface area (Å²) in [6.07, 6.45) is -4.53. The van der Waals surface area contributed by atoms with Crippen LogP contribution in [0.5, 0.6) is 0 Å². The summed E-state index contributed by atoms with van der Waals surface area (Å²) in [5.41, 5.74) is -0.528. The van der Waals surface area contributed by atoms with Gasteiger partial charge in [0.15, 0.2) is 0 Å². The average molecular weight is 314 g/mol. The number of carbonyl (C=O) groups is 1. The molecule has 114 valence electrons. The number of sulfonamides is 1. The molecule has 10 heteroatoms. The minimum atomic E-state index is -4.62. The van der Waals surface area contributed by atoms with E-state index in [-0.39, 0.29) is 0 Å². The quantitative estimate of drug-likeness (QED) is 0.847. The van der Waals surface area contributed by atoms with E-state index in [0.29, 0.717) is 10.8 Å². The predicted octanol–water partition coefficient (Wildman–Crippen LogP) is 1.26. The average Bonchev–Trinajstić information content (AvgIpc) is 2.56. The van der Waals surface area contributed by atoms with Crippen molar-refractivity contribution in [3.63, 3.8) is 0 Å². The standard InChI is InChI=1S/C10H13F3N2O4S/c1-6(2)19-9(16)8-3-7(20(14,17)18)4-15(8)5-10(11,12)13/h3-4,6H,5H2,1-2H3,(H2,14,17,18). The normalized spacial score (nSPS) is 12.8. The molecular formula is C10H13F3N2O4S. The topological polar surface area (TPSA) is 91.4 Å². The molecule has 0 radical (unpaired) electrons. The second kappa shape index (κ2) is 5.44. The molecule has 6 nitrogen and oxygen atoms in total. The number of hydrogen-bond acceptors (Lipinski definition) is 4. The minimum absolute atomic E-state index is 0.449. The number of carbonyl (C=O) groups excluding carboxylic acids is 1. The molecular weight excluding hydrogens is 301 g/mol. The Labute approximate surface area is 113 Å². The molecule has 2 N–H and O–H groups in total. The number of alkyl halides is 3. The van der Waals surface area contributed by atoms with Crippen LogP contribution in [0.15, 0.2) is 17.2 Å². The van der Waals surface area contributed by atoms with E-state index in [2.05, 4.69) is 0 Å². The number of nitrogens with zero attached hydrogens (tertiary/aromatic N) is 1. The molecule has 0 unspecified atom stereocenters. The van der Waals surface area contributed by atoms with E-state index in [9.17, 15) is 26.4 Å². The van der Waals surface area contributed by atoms with E-state index in [0.717, 1.165) is 6.07 Å². The number of rotatable bonds is 4. The fraction of sp³-hybridized carbons (Fsp3) is 0.500. The summed E-state index contributed by atoms with van der Waals surface area (Å²) in [5, 5.41) is 4.83. The fourth-order valence-electron chi connectivity index (χ4n) is 1.41. The molecule has 1 aromatic heterocycles. The first-order chi connectivity index (χ1) is 8.90. The van der Waals surface area contributed by atoms with Crippen molar-refractivity contribution in [1.29, 1.82) is 0 Å². The maximum atomic E-state index is 12.4. The smallest absolute Gasteiger partial charge is 0.406 e. The Morgan fingerprint density at radius 1 is 1.45 bits per heavy atom. The van der Waals surface area contributed by atoms with Crippen molar-refractivity contribution in [3.8, 4) is 0 Å². The number of aromatic nitrogens is 1. The van der Waals surface area contributed by atoms with E-state index < -0.39 is 45.4 Å². The molecule has 0 bridgehead atoms. The highest BCUT2D eigenvalue weighted by Crippen LogP contribution is 2.22. The van der Waals surface area contributed by atoms with E-state index in [1.54, 1.807) is 0 Å². The molecule has 1 heterocycles. The van der Waals surface area contributed by atoms with Crippen LogP contribution in [0.4, 0.5) is 13.2 Å². The first kappa shape index (κ1) is 16.5. The van der Waals surface area contributed by atoms with Gasteiger partial charge in [-0.2, -0.15) is 13.2 Å². The summed E-state index contributed by atoms with van der Waals surface area (Å²) in [6.45, 7) is 1.50. The second-order valence-corrected chi connectivity index (χ2v) is 5.86. The molecule has 0 saturated heterocycles. The van der Waals surface area contributed by atoms with Crippen LogP contribution in [-0.4, -0.2) is 31.2 Å². The first-order valence-electron chi connectivity index (χ1n) is 5.41. The van der Waals surface area contributed by atoms with Crippen molar-refractivity contribution in [3.05, 3.63) is 18.0 Å². The largest absolute Gasteiger partial charge is 0.458 e. The van der Waals surface area contributed by atoms with Gasteiger partial charge in [0.25, 0.3) is 0 Å². The minimum Gasteiger partial charge on any atom is -0.458 e. The molecule has 0 aromatic carbocycles. The Bertz CT molecular complexity index is 605. The zero-order valence-electron chi connectivity index (χ0n) is 10.6. The van der Waals surface area contributed by atoms with E-state index >= 15 is 0 Å². The van der Waals surface area contributed by atoms with Gasteiger partial charge in [0.1, 0.15) is 17.1 Å². The van der Waals surface area contributed by atoms with E-state index in [1.165, 1.54) is 13.8 Å². The van der Waals surface area contributed by atoms with Gasteiger partial charge in [0.2, 0.25) is 10.0 Å². The number of ether oxygens (including phenoxy) is 1. The highest BCUT2D eigenvalue weighted by atomic mass is 32.2. The van der Waals surface area contributed by atoms with Gasteiger partial charge >= 0.3 is 12.1 Å². The highest BCUT2D eigenvalue weighted by Gasteiger charge is 2.31. The fourth-order valence-corrected chi connectivity index (χ4v) is 1.96. The lowest BCUT2D eigenvalue weighted by Crippen LogP contribution is -2.22. The van der Waals surface area contributed by atoms with Crippen molar-refractivity contribution in [2.75, 3.05) is 0 Å². The number of primary sulfonamides is 1. The van der Waals surface area contributed by atoms with Crippen LogP contribution in [0.2, 0.25) is 0 Å². The molecule has 0 aliphatic rings. The molecule has 1 rings (SSSR count). The van der Waals surface area contributed by atoms with E-state index in [4.69, 9.17) is 9.88 Å². The third-order valence-electron chi connectivity index (χ3n) is 2.10. The summed E-state index contributed by atoms with van der Waals surface area (Å²) in [7, 11) is -4.22. The van der Waals surface area contributed by atoms with Crippen molar-refractivity contribution >= 4 is 16.0 Å². The second-order valence-electron chi connectivity index (χ2n) is 4.30. The third-order valence-corrected chi connectivity index (χ3v) is 2.98. The molecule has 1 aromatic rings. The maximum Gasteiger partial charge on any atom is 0.406 e. The van der Waals surface area contributed by atoms with Crippen molar-refractivity contribution in [1.82, 2.24) is 4.57 Å². The zero-order chi connectivity index (χ0) is 15.7. The Morgan fingerprint density at radius 3 is 2.40 bits per heavy atom. The SMILES string of the molecule is CC(C)OC(=O)c1cc(S(N)(=O)=O)cn1CC(F)(F)F. The summed E-state index contributed by atoms with van der Waals surface area (Å²) in [6, 6.07) is 0.756. The lowest BCUT2D eigenvalue weighted by atomic mass is 10.4. The summed E-state index contributed by atoms with van der Waals surface area (Å²) in [5.74, 6) is -1.06. The van der Waals surface area contributed by atoms with Crippen LogP contribution in [0, 0.1) is 0 Å². The molecule has 0 amide bonds. The Balaban J connectivity index is 3.26. The van der Waals surface area contributed by atoms with Crippen molar-refractivity contribution in [2.45, 2.75) is 37.6 Å². The van der Waals surface area contributed by atoms with Gasteiger partial charge in [-0.25, -0.2) is 18.4 Å². The summed E-state index contributed by atoms with van der Waals surface area (Å²) in [4.78, 5) is 11.1. The molecule has 0 atom stereocenters. The molecule has 0 fully saturated rings. The highest BCUT2D eigenvalue weighted by molar-refractivity contribution is 7.89. The van der Waals surface area contributed by atoms with Crippen LogP contribution in [0.3, 0.4) is 0 Å². The summed E-state index contributed by atoms with van der Waals surface area (Å²) >= 11 is 0. The van der Waals surface area contributed by atoms with Crippen molar-refractivity contribution in [2.24, 2.45) is 5.14 Å². The number of esters is 1. The van der Waals surface area contributed by atoms with Gasteiger partial charge in [-0.3, -0.25) is 0 Å².